The zero-order chi connectivity index (χ0) is 27.8. The average Bonchev–Trinajstić information content (AvgIpc) is 2.99. The van der Waals surface area contributed by atoms with Crippen molar-refractivity contribution in [3.8, 4) is 0 Å². The number of nitrogens with zero attached hydrogens (tertiary/aromatic N) is 2. The zero-order valence-corrected chi connectivity index (χ0v) is 25.2. The van der Waals surface area contributed by atoms with Crippen molar-refractivity contribution in [1.82, 2.24) is 0 Å². The maximum atomic E-state index is 6.68. The topological polar surface area (TPSA) is 7.76 Å². The van der Waals surface area contributed by atoms with Gasteiger partial charge >= 0.3 is 0 Å². The number of halogens is 2. The van der Waals surface area contributed by atoms with Gasteiger partial charge in [-0.2, -0.15) is 9.13 Å². The minimum Gasteiger partial charge on any atom is -0.188 e. The van der Waals surface area contributed by atoms with Crippen molar-refractivity contribution in [3.05, 3.63) is 132 Å². The summed E-state index contributed by atoms with van der Waals surface area (Å²) < 4.78 is 4.27. The highest BCUT2D eigenvalue weighted by molar-refractivity contribution is 6.18. The van der Waals surface area contributed by atoms with E-state index in [-0.39, 0.29) is 11.0 Å². The molecule has 4 heteroatoms. The molecular formula is C36H44Cl2N2+2. The molecule has 0 spiro atoms. The van der Waals surface area contributed by atoms with Gasteiger partial charge in [0.2, 0.25) is 11.0 Å². The average molecular weight is 576 g/mol. The number of unbranched alkanes of at least 4 members (excludes halogenated alkanes) is 7. The smallest absolute Gasteiger partial charge is 0.188 e. The molecule has 0 bridgehead atoms. The van der Waals surface area contributed by atoms with Crippen LogP contribution in [0.2, 0.25) is 0 Å². The number of rotatable bonds is 17. The maximum Gasteiger partial charge on any atom is 0.232 e. The highest BCUT2D eigenvalue weighted by Gasteiger charge is 2.15. The predicted octanol–water partition coefficient (Wildman–Crippen LogP) is 9.52. The van der Waals surface area contributed by atoms with E-state index >= 15 is 0 Å². The van der Waals surface area contributed by atoms with Crippen molar-refractivity contribution >= 4 is 23.2 Å². The van der Waals surface area contributed by atoms with E-state index in [1.807, 2.05) is 0 Å². The van der Waals surface area contributed by atoms with Gasteiger partial charge < -0.3 is 0 Å². The Labute approximate surface area is 251 Å². The summed E-state index contributed by atoms with van der Waals surface area (Å²) in [6.07, 6.45) is 22.6. The Morgan fingerprint density at radius 2 is 0.700 bits per heavy atom. The van der Waals surface area contributed by atoms with Gasteiger partial charge in [0.15, 0.2) is 24.8 Å². The summed E-state index contributed by atoms with van der Waals surface area (Å²) in [6.45, 7) is 0. The number of hydrogen-bond acceptors (Lipinski definition) is 0. The molecule has 2 atom stereocenters. The first-order valence-corrected chi connectivity index (χ1v) is 15.9. The largest absolute Gasteiger partial charge is 0.232 e. The third-order valence-corrected chi connectivity index (χ3v) is 8.51. The highest BCUT2D eigenvalue weighted by atomic mass is 35.5. The van der Waals surface area contributed by atoms with Crippen LogP contribution in [0.5, 0.6) is 0 Å². The Balaban J connectivity index is 1.00. The van der Waals surface area contributed by atoms with E-state index in [0.29, 0.717) is 0 Å². The Bertz CT molecular complexity index is 1110. The van der Waals surface area contributed by atoms with Gasteiger partial charge in [-0.15, -0.1) is 0 Å². The van der Waals surface area contributed by atoms with E-state index in [1.54, 1.807) is 0 Å². The lowest BCUT2D eigenvalue weighted by molar-refractivity contribution is -0.703. The van der Waals surface area contributed by atoms with Gasteiger partial charge in [0.1, 0.15) is 0 Å². The van der Waals surface area contributed by atoms with Crippen LogP contribution in [0.4, 0.5) is 0 Å². The second kappa shape index (κ2) is 17.2. The van der Waals surface area contributed by atoms with Crippen LogP contribution >= 0.6 is 23.2 Å². The monoisotopic (exact) mass is 574 g/mol. The number of hydrogen-bond donors (Lipinski definition) is 0. The second-order valence-electron chi connectivity index (χ2n) is 10.9. The van der Waals surface area contributed by atoms with Crippen LogP contribution in [0.3, 0.4) is 0 Å². The van der Waals surface area contributed by atoms with Gasteiger partial charge in [-0.1, -0.05) is 99.2 Å². The van der Waals surface area contributed by atoms with Gasteiger partial charge in [-0.3, -0.25) is 0 Å². The van der Waals surface area contributed by atoms with E-state index < -0.39 is 0 Å². The zero-order valence-electron chi connectivity index (χ0n) is 23.7. The molecule has 210 valence electrons. The summed E-state index contributed by atoms with van der Waals surface area (Å²) in [6, 6.07) is 30.0. The minimum absolute atomic E-state index is 0.0345. The van der Waals surface area contributed by atoms with Crippen LogP contribution in [0, 0.1) is 0 Å². The van der Waals surface area contributed by atoms with E-state index in [4.69, 9.17) is 23.2 Å². The molecular weight excluding hydrogens is 531 g/mol. The van der Waals surface area contributed by atoms with E-state index in [2.05, 4.69) is 119 Å². The van der Waals surface area contributed by atoms with Crippen LogP contribution in [0.15, 0.2) is 110 Å². The first kappa shape index (κ1) is 30.3. The third kappa shape index (κ3) is 10.7. The van der Waals surface area contributed by atoms with Gasteiger partial charge in [0.25, 0.3) is 0 Å². The summed E-state index contributed by atoms with van der Waals surface area (Å²) in [5.74, 6) is 0. The molecule has 0 fully saturated rings. The van der Waals surface area contributed by atoms with Crippen LogP contribution in [-0.4, -0.2) is 0 Å². The quantitative estimate of drug-likeness (QED) is 0.0673. The second-order valence-corrected chi connectivity index (χ2v) is 11.9. The van der Waals surface area contributed by atoms with E-state index in [9.17, 15) is 0 Å². The molecule has 0 aliphatic heterocycles. The van der Waals surface area contributed by atoms with Gasteiger partial charge in [0.05, 0.1) is 0 Å². The van der Waals surface area contributed by atoms with Crippen LogP contribution < -0.4 is 9.13 Å². The minimum atomic E-state index is 0.0345. The van der Waals surface area contributed by atoms with Gasteiger partial charge in [-0.25, -0.2) is 0 Å². The van der Waals surface area contributed by atoms with Gasteiger partial charge in [0, 0.05) is 37.1 Å². The molecule has 2 nitrogen and oxygen atoms in total. The van der Waals surface area contributed by atoms with Crippen molar-refractivity contribution in [1.29, 1.82) is 0 Å². The molecule has 0 amide bonds. The lowest BCUT2D eigenvalue weighted by Gasteiger charge is -2.07. The first-order chi connectivity index (χ1) is 19.7. The van der Waals surface area contributed by atoms with Crippen LogP contribution in [-0.2, 0) is 12.8 Å². The Hall–Kier alpha value is -2.68. The van der Waals surface area contributed by atoms with Crippen molar-refractivity contribution in [2.45, 2.75) is 88.1 Å². The Morgan fingerprint density at radius 3 is 1.05 bits per heavy atom. The third-order valence-electron chi connectivity index (χ3n) is 7.63. The fraction of sp³-hybridized carbons (Fsp3) is 0.389. The SMILES string of the molecule is ClC(CCCCCCCCCCC(Cl)[n+]1ccc(Cc2ccccc2)cc1)[n+]1ccc(Cc2ccccc2)cc1. The Morgan fingerprint density at radius 1 is 0.400 bits per heavy atom. The van der Waals surface area contributed by atoms with Gasteiger partial charge in [-0.05, 0) is 71.1 Å². The van der Waals surface area contributed by atoms with E-state index in [1.165, 1.54) is 73.6 Å². The summed E-state index contributed by atoms with van der Waals surface area (Å²) in [7, 11) is 0. The van der Waals surface area contributed by atoms with Crippen molar-refractivity contribution in [3.63, 3.8) is 0 Å². The Kier molecular flexibility index (Phi) is 13.0. The molecule has 2 unspecified atom stereocenters. The molecule has 0 aliphatic rings. The first-order valence-electron chi connectivity index (χ1n) is 15.0. The normalized spacial score (nSPS) is 12.8. The maximum absolute atomic E-state index is 6.68. The highest BCUT2D eigenvalue weighted by Crippen LogP contribution is 2.19. The molecule has 40 heavy (non-hydrogen) atoms. The lowest BCUT2D eigenvalue weighted by Crippen LogP contribution is -2.35. The summed E-state index contributed by atoms with van der Waals surface area (Å²) >= 11 is 13.4. The molecule has 4 aromatic rings. The standard InChI is InChI=1S/C36H44Cl2N2/c37-35(39-25-21-33(22-26-39)29-31-15-9-7-10-16-31)19-13-5-3-1-2-4-6-14-20-36(38)40-27-23-34(24-28-40)30-32-17-11-8-12-18-32/h7-12,15-18,21-28,35-36H,1-6,13-14,19-20,29-30H2/q+2. The van der Waals surface area contributed by atoms with Crippen LogP contribution in [0.1, 0.15) is 97.5 Å². The molecule has 0 N–H and O–H groups in total. The predicted molar refractivity (Wildman–Crippen MR) is 168 cm³/mol. The molecule has 4 rings (SSSR count). The molecule has 0 aliphatic carbocycles. The molecule has 2 heterocycles. The van der Waals surface area contributed by atoms with Crippen molar-refractivity contribution in [2.24, 2.45) is 0 Å². The van der Waals surface area contributed by atoms with Crippen molar-refractivity contribution in [2.75, 3.05) is 0 Å². The lowest BCUT2D eigenvalue weighted by atomic mass is 10.1. The summed E-state index contributed by atoms with van der Waals surface area (Å²) in [5.41, 5.74) is 5.38. The molecule has 0 saturated heterocycles. The molecule has 0 saturated carbocycles. The fourth-order valence-corrected chi connectivity index (χ4v) is 5.76. The number of aromatic nitrogens is 2. The van der Waals surface area contributed by atoms with Crippen molar-refractivity contribution < 1.29 is 9.13 Å². The molecule has 2 aromatic heterocycles. The number of pyridine rings is 2. The summed E-state index contributed by atoms with van der Waals surface area (Å²) in [5, 5.41) is 0. The van der Waals surface area contributed by atoms with Crippen LogP contribution in [0.25, 0.3) is 0 Å². The number of alkyl halides is 2. The fourth-order valence-electron chi connectivity index (χ4n) is 5.19. The van der Waals surface area contributed by atoms with E-state index in [0.717, 1.165) is 25.7 Å². The summed E-state index contributed by atoms with van der Waals surface area (Å²) in [4.78, 5) is 0. The molecule has 0 radical (unpaired) electrons. The molecule has 2 aromatic carbocycles. The number of benzene rings is 2.